The lowest BCUT2D eigenvalue weighted by molar-refractivity contribution is 0.234. The molecule has 1 aliphatic heterocycles. The summed E-state index contributed by atoms with van der Waals surface area (Å²) in [6, 6.07) is 7.90. The van der Waals surface area contributed by atoms with Crippen LogP contribution < -0.4 is 15.5 Å². The van der Waals surface area contributed by atoms with Crippen LogP contribution >= 0.6 is 0 Å². The summed E-state index contributed by atoms with van der Waals surface area (Å²) in [7, 11) is 0. The van der Waals surface area contributed by atoms with Crippen molar-refractivity contribution in [2.75, 3.05) is 31.1 Å². The zero-order valence-corrected chi connectivity index (χ0v) is 10.8. The van der Waals surface area contributed by atoms with Crippen LogP contribution in [-0.2, 0) is 6.54 Å². The average molecular weight is 261 g/mol. The molecule has 102 valence electrons. The van der Waals surface area contributed by atoms with Crippen molar-refractivity contribution in [3.8, 4) is 0 Å². The molecule has 0 aliphatic carbocycles. The van der Waals surface area contributed by atoms with Gasteiger partial charge in [-0.15, -0.1) is 0 Å². The van der Waals surface area contributed by atoms with Crippen LogP contribution in [-0.4, -0.2) is 37.4 Å². The largest absolute Gasteiger partial charge is 0.395 e. The minimum absolute atomic E-state index is 0.0496. The van der Waals surface area contributed by atoms with Gasteiger partial charge in [0.1, 0.15) is 0 Å². The highest BCUT2D eigenvalue weighted by Gasteiger charge is 2.07. The molecule has 1 aromatic rings. The lowest BCUT2D eigenvalue weighted by atomic mass is 10.2. The van der Waals surface area contributed by atoms with E-state index in [1.54, 1.807) is 0 Å². The van der Waals surface area contributed by atoms with Crippen molar-refractivity contribution in [2.24, 2.45) is 0 Å². The van der Waals surface area contributed by atoms with Crippen LogP contribution in [0.2, 0.25) is 0 Å². The molecule has 3 N–H and O–H groups in total. The fraction of sp³-hybridized carbons (Fsp3) is 0.357. The molecule has 0 fully saturated rings. The molecule has 1 aliphatic rings. The number of carbonyl (C=O) groups excluding carboxylic acids is 1. The topological polar surface area (TPSA) is 64.6 Å². The lowest BCUT2D eigenvalue weighted by Crippen LogP contribution is -2.36. The predicted molar refractivity (Wildman–Crippen MR) is 75.1 cm³/mol. The summed E-state index contributed by atoms with van der Waals surface area (Å²) in [5, 5.41) is 13.9. The number of rotatable bonds is 5. The summed E-state index contributed by atoms with van der Waals surface area (Å²) < 4.78 is 0. The summed E-state index contributed by atoms with van der Waals surface area (Å²) in [6.07, 6.45) is 4.31. The number of hydrogen-bond donors (Lipinski definition) is 3. The normalized spacial score (nSPS) is 13.6. The first-order valence-electron chi connectivity index (χ1n) is 6.41. The molecule has 2 amide bonds. The van der Waals surface area contributed by atoms with Gasteiger partial charge in [-0.05, 0) is 17.7 Å². The number of benzene rings is 1. The Labute approximate surface area is 112 Å². The van der Waals surface area contributed by atoms with Gasteiger partial charge in [-0.3, -0.25) is 0 Å². The van der Waals surface area contributed by atoms with Gasteiger partial charge in [0.05, 0.1) is 6.61 Å². The van der Waals surface area contributed by atoms with Crippen molar-refractivity contribution >= 4 is 11.7 Å². The maximum atomic E-state index is 11.3. The molecule has 0 atom stereocenters. The maximum Gasteiger partial charge on any atom is 0.315 e. The standard InChI is InChI=1S/C14H19N3O2/c18-10-7-15-14(19)16-11-12-3-5-13(6-4-12)17-8-1-2-9-17/h1-6,18H,7-11H2,(H2,15,16,19). The fourth-order valence-corrected chi connectivity index (χ4v) is 1.93. The summed E-state index contributed by atoms with van der Waals surface area (Å²) in [6.45, 7) is 2.62. The fourth-order valence-electron chi connectivity index (χ4n) is 1.93. The van der Waals surface area contributed by atoms with Gasteiger partial charge in [0, 0.05) is 31.9 Å². The number of aliphatic hydroxyl groups excluding tert-OH is 1. The van der Waals surface area contributed by atoms with Crippen LogP contribution in [0.3, 0.4) is 0 Å². The molecule has 0 saturated carbocycles. The quantitative estimate of drug-likeness (QED) is 0.689. The van der Waals surface area contributed by atoms with E-state index in [4.69, 9.17) is 5.11 Å². The second-order valence-electron chi connectivity index (χ2n) is 4.38. The monoisotopic (exact) mass is 261 g/mol. The molecule has 5 heteroatoms. The van der Waals surface area contributed by atoms with Gasteiger partial charge in [-0.25, -0.2) is 4.79 Å². The van der Waals surface area contributed by atoms with E-state index in [1.807, 2.05) is 12.1 Å². The third kappa shape index (κ3) is 3.99. The van der Waals surface area contributed by atoms with Gasteiger partial charge < -0.3 is 20.6 Å². The van der Waals surface area contributed by atoms with E-state index in [1.165, 1.54) is 5.69 Å². The molecule has 5 nitrogen and oxygen atoms in total. The lowest BCUT2D eigenvalue weighted by Gasteiger charge is -2.17. The molecule has 0 bridgehead atoms. The third-order valence-electron chi connectivity index (χ3n) is 2.97. The molecule has 0 unspecified atom stereocenters. The van der Waals surface area contributed by atoms with Crippen molar-refractivity contribution in [2.45, 2.75) is 6.54 Å². The Kier molecular flexibility index (Phi) is 4.80. The first-order valence-corrected chi connectivity index (χ1v) is 6.41. The molecular weight excluding hydrogens is 242 g/mol. The minimum Gasteiger partial charge on any atom is -0.395 e. The Morgan fingerprint density at radius 1 is 1.16 bits per heavy atom. The Bertz CT molecular complexity index is 435. The molecular formula is C14H19N3O2. The molecule has 0 saturated heterocycles. The van der Waals surface area contributed by atoms with Crippen molar-refractivity contribution in [3.63, 3.8) is 0 Å². The summed E-state index contributed by atoms with van der Waals surface area (Å²) in [5.74, 6) is 0. The molecule has 1 heterocycles. The van der Waals surface area contributed by atoms with Crippen LogP contribution in [0.1, 0.15) is 5.56 Å². The Balaban J connectivity index is 1.80. The molecule has 19 heavy (non-hydrogen) atoms. The van der Waals surface area contributed by atoms with E-state index in [9.17, 15) is 4.79 Å². The van der Waals surface area contributed by atoms with Crippen LogP contribution in [0.4, 0.5) is 10.5 Å². The Hall–Kier alpha value is -2.01. The number of amides is 2. The van der Waals surface area contributed by atoms with E-state index in [-0.39, 0.29) is 19.2 Å². The van der Waals surface area contributed by atoms with Crippen molar-refractivity contribution in [1.82, 2.24) is 10.6 Å². The molecule has 1 aromatic carbocycles. The van der Waals surface area contributed by atoms with Crippen LogP contribution in [0, 0.1) is 0 Å². The molecule has 0 aromatic heterocycles. The first kappa shape index (κ1) is 13.4. The second-order valence-corrected chi connectivity index (χ2v) is 4.38. The second kappa shape index (κ2) is 6.80. The van der Waals surface area contributed by atoms with Gasteiger partial charge in [-0.1, -0.05) is 24.3 Å². The molecule has 0 radical (unpaired) electrons. The van der Waals surface area contributed by atoms with Crippen molar-refractivity contribution < 1.29 is 9.90 Å². The van der Waals surface area contributed by atoms with Gasteiger partial charge >= 0.3 is 6.03 Å². The van der Waals surface area contributed by atoms with E-state index < -0.39 is 0 Å². The Morgan fingerprint density at radius 3 is 2.47 bits per heavy atom. The van der Waals surface area contributed by atoms with Gasteiger partial charge in [-0.2, -0.15) is 0 Å². The van der Waals surface area contributed by atoms with E-state index >= 15 is 0 Å². The number of urea groups is 1. The van der Waals surface area contributed by atoms with Gasteiger partial charge in [0.2, 0.25) is 0 Å². The van der Waals surface area contributed by atoms with E-state index in [0.29, 0.717) is 6.54 Å². The number of anilines is 1. The number of nitrogens with one attached hydrogen (secondary N) is 2. The van der Waals surface area contributed by atoms with Crippen LogP contribution in [0.5, 0.6) is 0 Å². The zero-order valence-electron chi connectivity index (χ0n) is 10.8. The highest BCUT2D eigenvalue weighted by atomic mass is 16.3. The SMILES string of the molecule is O=C(NCCO)NCc1ccc(N2CC=CC2)cc1. The van der Waals surface area contributed by atoms with Gasteiger partial charge in [0.25, 0.3) is 0 Å². The van der Waals surface area contributed by atoms with Gasteiger partial charge in [0.15, 0.2) is 0 Å². The number of nitrogens with zero attached hydrogens (tertiary/aromatic N) is 1. The highest BCUT2D eigenvalue weighted by molar-refractivity contribution is 5.73. The van der Waals surface area contributed by atoms with Crippen molar-refractivity contribution in [3.05, 3.63) is 42.0 Å². The highest BCUT2D eigenvalue weighted by Crippen LogP contribution is 2.17. The number of aliphatic hydroxyl groups is 1. The predicted octanol–water partition coefficient (Wildman–Crippen LogP) is 0.854. The summed E-state index contributed by atoms with van der Waals surface area (Å²) in [5.41, 5.74) is 2.24. The minimum atomic E-state index is -0.262. The first-order chi connectivity index (χ1) is 9.29. The van der Waals surface area contributed by atoms with Crippen LogP contribution in [0.25, 0.3) is 0 Å². The van der Waals surface area contributed by atoms with Crippen LogP contribution in [0.15, 0.2) is 36.4 Å². The van der Waals surface area contributed by atoms with Crippen molar-refractivity contribution in [1.29, 1.82) is 0 Å². The smallest absolute Gasteiger partial charge is 0.315 e. The third-order valence-corrected chi connectivity index (χ3v) is 2.97. The molecule has 0 spiro atoms. The Morgan fingerprint density at radius 2 is 1.84 bits per heavy atom. The molecule has 2 rings (SSSR count). The number of carbonyl (C=O) groups is 1. The summed E-state index contributed by atoms with van der Waals surface area (Å²) >= 11 is 0. The van der Waals surface area contributed by atoms with E-state index in [2.05, 4.69) is 39.8 Å². The summed E-state index contributed by atoms with van der Waals surface area (Å²) in [4.78, 5) is 13.6. The number of hydrogen-bond acceptors (Lipinski definition) is 3. The zero-order chi connectivity index (χ0) is 13.5. The maximum absolute atomic E-state index is 11.3. The van der Waals surface area contributed by atoms with E-state index in [0.717, 1.165) is 18.7 Å². The average Bonchev–Trinajstić information content (AvgIpc) is 2.97.